The lowest BCUT2D eigenvalue weighted by Crippen LogP contribution is -2.23. The largest absolute Gasteiger partial charge is 0.479 e. The molecule has 3 aromatic rings. The zero-order valence-electron chi connectivity index (χ0n) is 12.8. The number of carbonyl (C=O) groups is 1. The fraction of sp³-hybridized carbons (Fsp3) is 0.176. The summed E-state index contributed by atoms with van der Waals surface area (Å²) in [5, 5.41) is 13.1. The maximum atomic E-state index is 11.1. The topological polar surface area (TPSA) is 87.2 Å². The highest BCUT2D eigenvalue weighted by Gasteiger charge is 2.17. The summed E-state index contributed by atoms with van der Waals surface area (Å²) >= 11 is 0. The van der Waals surface area contributed by atoms with Crippen molar-refractivity contribution in [2.24, 2.45) is 0 Å². The van der Waals surface area contributed by atoms with Crippen molar-refractivity contribution in [1.82, 2.24) is 9.97 Å². The lowest BCUT2D eigenvalue weighted by molar-refractivity contribution is -0.144. The number of aromatic nitrogens is 2. The van der Waals surface area contributed by atoms with Gasteiger partial charge in [-0.1, -0.05) is 18.2 Å². The molecule has 6 nitrogen and oxygen atoms in total. The molecule has 1 atom stereocenters. The molecule has 0 unspecified atom stereocenters. The Balaban J connectivity index is 2.15. The summed E-state index contributed by atoms with van der Waals surface area (Å²) in [5.74, 6) is 0.242. The van der Waals surface area contributed by atoms with Crippen molar-refractivity contribution in [3.8, 4) is 16.9 Å². The molecular weight excluding hydrogens is 294 g/mol. The van der Waals surface area contributed by atoms with Gasteiger partial charge in [0.1, 0.15) is 17.2 Å². The SMILES string of the molecule is CNc1cc(-c2ccccc2O[C@H](C)C(=O)O)c2cc[nH]c2n1. The first-order valence-electron chi connectivity index (χ1n) is 7.25. The number of hydrogen-bond acceptors (Lipinski definition) is 4. The van der Waals surface area contributed by atoms with E-state index in [1.54, 1.807) is 13.1 Å². The van der Waals surface area contributed by atoms with Gasteiger partial charge in [0.25, 0.3) is 0 Å². The third-order valence-corrected chi connectivity index (χ3v) is 3.61. The number of aromatic amines is 1. The Labute approximate surface area is 133 Å². The number of carboxylic acid groups (broad SMARTS) is 1. The van der Waals surface area contributed by atoms with Crippen LogP contribution in [-0.4, -0.2) is 34.2 Å². The minimum absolute atomic E-state index is 0.526. The average Bonchev–Trinajstić information content (AvgIpc) is 3.02. The average molecular weight is 311 g/mol. The second kappa shape index (κ2) is 6.00. The van der Waals surface area contributed by atoms with E-state index in [2.05, 4.69) is 15.3 Å². The van der Waals surface area contributed by atoms with Crippen molar-refractivity contribution >= 4 is 22.8 Å². The van der Waals surface area contributed by atoms with Crippen molar-refractivity contribution in [1.29, 1.82) is 0 Å². The molecule has 0 spiro atoms. The number of aliphatic carboxylic acids is 1. The summed E-state index contributed by atoms with van der Waals surface area (Å²) in [5.41, 5.74) is 2.51. The van der Waals surface area contributed by atoms with E-state index in [1.165, 1.54) is 6.92 Å². The molecule has 1 aromatic carbocycles. The normalized spacial score (nSPS) is 12.1. The summed E-state index contributed by atoms with van der Waals surface area (Å²) in [6.07, 6.45) is 0.896. The van der Waals surface area contributed by atoms with Gasteiger partial charge in [0.05, 0.1) is 0 Å². The fourth-order valence-corrected chi connectivity index (χ4v) is 2.42. The molecule has 0 fully saturated rings. The van der Waals surface area contributed by atoms with Crippen molar-refractivity contribution in [3.05, 3.63) is 42.6 Å². The van der Waals surface area contributed by atoms with Crippen molar-refractivity contribution < 1.29 is 14.6 Å². The first kappa shape index (κ1) is 14.9. The zero-order chi connectivity index (χ0) is 16.4. The zero-order valence-corrected chi connectivity index (χ0v) is 12.8. The molecule has 0 saturated carbocycles. The van der Waals surface area contributed by atoms with Gasteiger partial charge in [0.15, 0.2) is 6.10 Å². The number of anilines is 1. The number of benzene rings is 1. The molecule has 0 aliphatic heterocycles. The number of nitrogens with one attached hydrogen (secondary N) is 2. The van der Waals surface area contributed by atoms with E-state index in [9.17, 15) is 4.79 Å². The smallest absolute Gasteiger partial charge is 0.344 e. The number of para-hydroxylation sites is 1. The standard InChI is InChI=1S/C17H17N3O3/c1-10(17(21)22)23-14-6-4-3-5-11(14)13-9-15(18-2)20-16-12(13)7-8-19-16/h3-10H,1-2H3,(H,21,22)(H2,18,19,20)/t10-/m1/s1. The van der Waals surface area contributed by atoms with E-state index in [0.29, 0.717) is 5.75 Å². The number of fused-ring (bicyclic) bond motifs is 1. The highest BCUT2D eigenvalue weighted by Crippen LogP contribution is 2.36. The van der Waals surface area contributed by atoms with Gasteiger partial charge >= 0.3 is 5.97 Å². The summed E-state index contributed by atoms with van der Waals surface area (Å²) in [4.78, 5) is 18.6. The number of hydrogen-bond donors (Lipinski definition) is 3. The quantitative estimate of drug-likeness (QED) is 0.674. The van der Waals surface area contributed by atoms with Gasteiger partial charge in [-0.15, -0.1) is 0 Å². The maximum Gasteiger partial charge on any atom is 0.344 e. The van der Waals surface area contributed by atoms with E-state index in [-0.39, 0.29) is 0 Å². The molecule has 2 aromatic heterocycles. The Morgan fingerprint density at radius 3 is 2.83 bits per heavy atom. The molecule has 118 valence electrons. The van der Waals surface area contributed by atoms with Crippen LogP contribution in [0.4, 0.5) is 5.82 Å². The minimum atomic E-state index is -1.00. The van der Waals surface area contributed by atoms with Gasteiger partial charge in [-0.3, -0.25) is 0 Å². The van der Waals surface area contributed by atoms with Crippen LogP contribution in [-0.2, 0) is 4.79 Å². The van der Waals surface area contributed by atoms with Gasteiger partial charge in [0.2, 0.25) is 0 Å². The van der Waals surface area contributed by atoms with Crippen LogP contribution >= 0.6 is 0 Å². The van der Waals surface area contributed by atoms with Crippen LogP contribution in [0.1, 0.15) is 6.92 Å². The molecule has 0 radical (unpaired) electrons. The predicted octanol–water partition coefficient (Wildman–Crippen LogP) is 3.12. The highest BCUT2D eigenvalue weighted by atomic mass is 16.5. The third kappa shape index (κ3) is 2.83. The van der Waals surface area contributed by atoms with E-state index in [4.69, 9.17) is 9.84 Å². The van der Waals surface area contributed by atoms with Gasteiger partial charge in [-0.2, -0.15) is 0 Å². The second-order valence-corrected chi connectivity index (χ2v) is 5.14. The van der Waals surface area contributed by atoms with Crippen LogP contribution < -0.4 is 10.1 Å². The molecular formula is C17H17N3O3. The van der Waals surface area contributed by atoms with Gasteiger partial charge < -0.3 is 20.1 Å². The van der Waals surface area contributed by atoms with Crippen molar-refractivity contribution in [3.63, 3.8) is 0 Å². The first-order chi connectivity index (χ1) is 11.1. The molecule has 0 bridgehead atoms. The van der Waals surface area contributed by atoms with Crippen LogP contribution in [0.2, 0.25) is 0 Å². The Morgan fingerprint density at radius 2 is 2.09 bits per heavy atom. The Morgan fingerprint density at radius 1 is 1.30 bits per heavy atom. The number of H-pyrrole nitrogens is 1. The van der Waals surface area contributed by atoms with Crippen molar-refractivity contribution in [2.75, 3.05) is 12.4 Å². The first-order valence-corrected chi connectivity index (χ1v) is 7.25. The van der Waals surface area contributed by atoms with E-state index >= 15 is 0 Å². The monoisotopic (exact) mass is 311 g/mol. The van der Waals surface area contributed by atoms with Gasteiger partial charge in [0, 0.05) is 29.8 Å². The predicted molar refractivity (Wildman–Crippen MR) is 88.8 cm³/mol. The fourth-order valence-electron chi connectivity index (χ4n) is 2.42. The van der Waals surface area contributed by atoms with E-state index in [1.807, 2.05) is 36.5 Å². The Bertz CT molecular complexity index is 857. The lowest BCUT2D eigenvalue weighted by atomic mass is 10.0. The second-order valence-electron chi connectivity index (χ2n) is 5.14. The summed E-state index contributed by atoms with van der Waals surface area (Å²) < 4.78 is 5.61. The molecule has 3 N–H and O–H groups in total. The number of pyridine rings is 1. The third-order valence-electron chi connectivity index (χ3n) is 3.61. The molecule has 23 heavy (non-hydrogen) atoms. The summed E-state index contributed by atoms with van der Waals surface area (Å²) in [7, 11) is 1.80. The van der Waals surface area contributed by atoms with Crippen LogP contribution in [0, 0.1) is 0 Å². The number of ether oxygens (including phenoxy) is 1. The lowest BCUT2D eigenvalue weighted by Gasteiger charge is -2.15. The molecule has 0 saturated heterocycles. The van der Waals surface area contributed by atoms with E-state index < -0.39 is 12.1 Å². The van der Waals surface area contributed by atoms with Gasteiger partial charge in [-0.05, 0) is 25.1 Å². The molecule has 0 aliphatic carbocycles. The number of rotatable bonds is 5. The minimum Gasteiger partial charge on any atom is -0.479 e. The molecule has 3 rings (SSSR count). The summed E-state index contributed by atoms with van der Waals surface area (Å²) in [6.45, 7) is 1.51. The van der Waals surface area contributed by atoms with Crippen LogP contribution in [0.25, 0.3) is 22.2 Å². The number of nitrogens with zero attached hydrogens (tertiary/aromatic N) is 1. The van der Waals surface area contributed by atoms with Crippen LogP contribution in [0.5, 0.6) is 5.75 Å². The molecule has 0 aliphatic rings. The van der Waals surface area contributed by atoms with Crippen molar-refractivity contribution in [2.45, 2.75) is 13.0 Å². The molecule has 6 heteroatoms. The van der Waals surface area contributed by atoms with Crippen LogP contribution in [0.3, 0.4) is 0 Å². The Hall–Kier alpha value is -3.02. The number of carboxylic acids is 1. The molecule has 0 amide bonds. The van der Waals surface area contributed by atoms with Gasteiger partial charge in [-0.25, -0.2) is 9.78 Å². The highest BCUT2D eigenvalue weighted by molar-refractivity contribution is 5.96. The van der Waals surface area contributed by atoms with E-state index in [0.717, 1.165) is 28.0 Å². The molecule has 2 heterocycles. The summed E-state index contributed by atoms with van der Waals surface area (Å²) in [6, 6.07) is 11.3. The maximum absolute atomic E-state index is 11.1. The Kier molecular flexibility index (Phi) is 3.89. The van der Waals surface area contributed by atoms with Crippen LogP contribution in [0.15, 0.2) is 42.6 Å².